The Labute approximate surface area is 104 Å². The Bertz CT molecular complexity index is 333. The highest BCUT2D eigenvalue weighted by Crippen LogP contribution is 2.15. The van der Waals surface area contributed by atoms with Gasteiger partial charge in [0.1, 0.15) is 0 Å². The highest BCUT2D eigenvalue weighted by molar-refractivity contribution is 4.92. The highest BCUT2D eigenvalue weighted by atomic mass is 16.5. The van der Waals surface area contributed by atoms with Crippen molar-refractivity contribution < 1.29 is 4.52 Å². The molecule has 0 bridgehead atoms. The minimum atomic E-state index is 0.324. The van der Waals surface area contributed by atoms with Crippen LogP contribution in [0.15, 0.2) is 4.52 Å². The van der Waals surface area contributed by atoms with Crippen LogP contribution >= 0.6 is 0 Å². The van der Waals surface area contributed by atoms with Crippen LogP contribution in [0.1, 0.15) is 59.2 Å². The zero-order chi connectivity index (χ0) is 13.0. The van der Waals surface area contributed by atoms with Crippen molar-refractivity contribution in [2.75, 3.05) is 6.54 Å². The molecule has 0 spiro atoms. The van der Waals surface area contributed by atoms with Crippen LogP contribution in [0.25, 0.3) is 0 Å². The highest BCUT2D eigenvalue weighted by Gasteiger charge is 2.19. The fraction of sp³-hybridized carbons (Fsp3) is 0.846. The summed E-state index contributed by atoms with van der Waals surface area (Å²) in [7, 11) is 0. The molecular weight excluding hydrogens is 214 g/mol. The molecule has 1 aromatic rings. The van der Waals surface area contributed by atoms with Crippen molar-refractivity contribution >= 4 is 0 Å². The molecule has 0 fully saturated rings. The van der Waals surface area contributed by atoms with E-state index < -0.39 is 0 Å². The summed E-state index contributed by atoms with van der Waals surface area (Å²) in [6.45, 7) is 14.8. The van der Waals surface area contributed by atoms with Gasteiger partial charge in [0.25, 0.3) is 0 Å². The maximum absolute atomic E-state index is 5.29. The molecule has 1 atom stereocenters. The van der Waals surface area contributed by atoms with Gasteiger partial charge in [-0.05, 0) is 19.4 Å². The molecule has 0 amide bonds. The standard InChI is InChI=1S/C13H25N3O/c1-7-16(11(6)9(2)3)8-12-14-13(10(4)5)15-17-12/h9-11H,7-8H2,1-6H3. The second-order valence-corrected chi connectivity index (χ2v) is 5.25. The smallest absolute Gasteiger partial charge is 0.240 e. The molecule has 98 valence electrons. The lowest BCUT2D eigenvalue weighted by Crippen LogP contribution is -2.36. The molecular formula is C13H25N3O. The molecule has 0 aliphatic heterocycles. The van der Waals surface area contributed by atoms with Crippen LogP contribution < -0.4 is 0 Å². The first-order valence-electron chi connectivity index (χ1n) is 6.52. The quantitative estimate of drug-likeness (QED) is 0.765. The number of aromatic nitrogens is 2. The van der Waals surface area contributed by atoms with Crippen LogP contribution in [0, 0.1) is 5.92 Å². The zero-order valence-electron chi connectivity index (χ0n) is 11.9. The zero-order valence-corrected chi connectivity index (χ0v) is 11.9. The van der Waals surface area contributed by atoms with Gasteiger partial charge in [0.05, 0.1) is 6.54 Å². The monoisotopic (exact) mass is 239 g/mol. The van der Waals surface area contributed by atoms with E-state index >= 15 is 0 Å². The normalized spacial score (nSPS) is 13.9. The molecule has 1 heterocycles. The van der Waals surface area contributed by atoms with E-state index in [1.165, 1.54) is 0 Å². The topological polar surface area (TPSA) is 42.2 Å². The van der Waals surface area contributed by atoms with Gasteiger partial charge in [0.15, 0.2) is 5.82 Å². The Hall–Kier alpha value is -0.900. The van der Waals surface area contributed by atoms with E-state index in [1.54, 1.807) is 0 Å². The van der Waals surface area contributed by atoms with Crippen molar-refractivity contribution in [3.05, 3.63) is 11.7 Å². The predicted molar refractivity (Wildman–Crippen MR) is 68.8 cm³/mol. The lowest BCUT2D eigenvalue weighted by atomic mass is 10.0. The second kappa shape index (κ2) is 6.15. The van der Waals surface area contributed by atoms with Crippen molar-refractivity contribution in [3.63, 3.8) is 0 Å². The first kappa shape index (κ1) is 14.2. The molecule has 0 saturated carbocycles. The third-order valence-electron chi connectivity index (χ3n) is 3.29. The van der Waals surface area contributed by atoms with Crippen LogP contribution in [0.2, 0.25) is 0 Å². The minimum Gasteiger partial charge on any atom is -0.338 e. The molecule has 1 unspecified atom stereocenters. The first-order chi connectivity index (χ1) is 7.95. The van der Waals surface area contributed by atoms with E-state index in [4.69, 9.17) is 4.52 Å². The first-order valence-corrected chi connectivity index (χ1v) is 6.52. The average molecular weight is 239 g/mol. The van der Waals surface area contributed by atoms with Gasteiger partial charge in [-0.2, -0.15) is 4.98 Å². The van der Waals surface area contributed by atoms with Gasteiger partial charge >= 0.3 is 0 Å². The van der Waals surface area contributed by atoms with Gasteiger partial charge in [-0.25, -0.2) is 0 Å². The fourth-order valence-corrected chi connectivity index (χ4v) is 1.71. The summed E-state index contributed by atoms with van der Waals surface area (Å²) >= 11 is 0. The third-order valence-corrected chi connectivity index (χ3v) is 3.29. The molecule has 0 radical (unpaired) electrons. The van der Waals surface area contributed by atoms with Crippen molar-refractivity contribution in [3.8, 4) is 0 Å². The summed E-state index contributed by atoms with van der Waals surface area (Å²) < 4.78 is 5.29. The Kier molecular flexibility index (Phi) is 5.12. The van der Waals surface area contributed by atoms with Crippen LogP contribution in [-0.4, -0.2) is 27.6 Å². The Balaban J connectivity index is 2.67. The van der Waals surface area contributed by atoms with Crippen molar-refractivity contribution in [1.82, 2.24) is 15.0 Å². The van der Waals surface area contributed by atoms with Crippen LogP contribution in [-0.2, 0) is 6.54 Å². The van der Waals surface area contributed by atoms with E-state index in [2.05, 4.69) is 56.6 Å². The van der Waals surface area contributed by atoms with Gasteiger partial charge in [-0.1, -0.05) is 39.8 Å². The van der Waals surface area contributed by atoms with E-state index in [0.29, 0.717) is 17.9 Å². The third kappa shape index (κ3) is 3.80. The van der Waals surface area contributed by atoms with E-state index in [-0.39, 0.29) is 0 Å². The molecule has 0 saturated heterocycles. The Morgan fingerprint density at radius 1 is 1.18 bits per heavy atom. The molecule has 1 aromatic heterocycles. The average Bonchev–Trinajstić information content (AvgIpc) is 2.73. The van der Waals surface area contributed by atoms with Crippen molar-refractivity contribution in [2.24, 2.45) is 5.92 Å². The van der Waals surface area contributed by atoms with Gasteiger partial charge < -0.3 is 4.52 Å². The summed E-state index contributed by atoms with van der Waals surface area (Å²) in [5.41, 5.74) is 0. The summed E-state index contributed by atoms with van der Waals surface area (Å²) in [5.74, 6) is 2.48. The molecule has 4 nitrogen and oxygen atoms in total. The molecule has 4 heteroatoms. The molecule has 1 rings (SSSR count). The number of hydrogen-bond donors (Lipinski definition) is 0. The largest absolute Gasteiger partial charge is 0.338 e. The summed E-state index contributed by atoms with van der Waals surface area (Å²) in [6, 6.07) is 0.523. The SMILES string of the molecule is CCN(Cc1nc(C(C)C)no1)C(C)C(C)C. The van der Waals surface area contributed by atoms with Crippen molar-refractivity contribution in [1.29, 1.82) is 0 Å². The van der Waals surface area contributed by atoms with Gasteiger partial charge in [-0.15, -0.1) is 0 Å². The molecule has 0 N–H and O–H groups in total. The van der Waals surface area contributed by atoms with E-state index in [1.807, 2.05) is 0 Å². The molecule has 0 aliphatic carbocycles. The lowest BCUT2D eigenvalue weighted by molar-refractivity contribution is 0.149. The molecule has 0 aliphatic rings. The van der Waals surface area contributed by atoms with Gasteiger partial charge in [0, 0.05) is 12.0 Å². The summed E-state index contributed by atoms with van der Waals surface area (Å²) in [4.78, 5) is 6.78. The number of rotatable bonds is 6. The number of hydrogen-bond acceptors (Lipinski definition) is 4. The molecule has 0 aromatic carbocycles. The molecule has 17 heavy (non-hydrogen) atoms. The summed E-state index contributed by atoms with van der Waals surface area (Å²) in [6.07, 6.45) is 0. The fourth-order valence-electron chi connectivity index (χ4n) is 1.71. The van der Waals surface area contributed by atoms with Crippen LogP contribution in [0.4, 0.5) is 0 Å². The van der Waals surface area contributed by atoms with Crippen LogP contribution in [0.3, 0.4) is 0 Å². The predicted octanol–water partition coefficient (Wildman–Crippen LogP) is 3.06. The van der Waals surface area contributed by atoms with Crippen molar-refractivity contribution in [2.45, 2.75) is 60.0 Å². The van der Waals surface area contributed by atoms with Gasteiger partial charge in [-0.3, -0.25) is 4.90 Å². The number of nitrogens with zero attached hydrogens (tertiary/aromatic N) is 3. The minimum absolute atomic E-state index is 0.324. The van der Waals surface area contributed by atoms with Gasteiger partial charge in [0.2, 0.25) is 5.89 Å². The maximum Gasteiger partial charge on any atom is 0.240 e. The van der Waals surface area contributed by atoms with Crippen LogP contribution in [0.5, 0.6) is 0 Å². The van der Waals surface area contributed by atoms with E-state index in [0.717, 1.165) is 24.8 Å². The Morgan fingerprint density at radius 2 is 1.82 bits per heavy atom. The summed E-state index contributed by atoms with van der Waals surface area (Å²) in [5, 5.41) is 3.99. The second-order valence-electron chi connectivity index (χ2n) is 5.25. The van der Waals surface area contributed by atoms with E-state index in [9.17, 15) is 0 Å². The lowest BCUT2D eigenvalue weighted by Gasteiger charge is -2.29. The maximum atomic E-state index is 5.29. The Morgan fingerprint density at radius 3 is 2.24 bits per heavy atom.